The summed E-state index contributed by atoms with van der Waals surface area (Å²) in [6.45, 7) is 0.701. The molecule has 3 fully saturated rings. The number of aliphatic hydroxyl groups is 1. The number of aliphatic hydroxyl groups excluding tert-OH is 1. The van der Waals surface area contributed by atoms with Gasteiger partial charge in [0.1, 0.15) is 12.1 Å². The smallest absolute Gasteiger partial charge is 0.246 e. The molecule has 3 saturated heterocycles. The molecular weight excluding hydrogens is 365 g/mol. The zero-order chi connectivity index (χ0) is 17.9. The Labute approximate surface area is 155 Å². The van der Waals surface area contributed by atoms with E-state index in [4.69, 9.17) is 28.9 Å². The summed E-state index contributed by atoms with van der Waals surface area (Å²) in [7, 11) is 0. The SMILES string of the molecule is Nc1ccc(Cl)c(Cl)c1[C@@H]1CCN2C(=O)[C@@H]3C[C@H](O)CN3C(=O)[C@@H]2C1. The van der Waals surface area contributed by atoms with Gasteiger partial charge in [0.15, 0.2) is 0 Å². The molecule has 0 radical (unpaired) electrons. The number of benzene rings is 1. The van der Waals surface area contributed by atoms with E-state index in [1.54, 1.807) is 17.0 Å². The van der Waals surface area contributed by atoms with Crippen LogP contribution < -0.4 is 5.73 Å². The summed E-state index contributed by atoms with van der Waals surface area (Å²) in [4.78, 5) is 28.8. The number of hydrogen-bond donors (Lipinski definition) is 2. The number of piperidine rings is 1. The van der Waals surface area contributed by atoms with Gasteiger partial charge in [-0.25, -0.2) is 0 Å². The molecule has 1 aromatic rings. The molecule has 8 heteroatoms. The lowest BCUT2D eigenvalue weighted by molar-refractivity contribution is -0.161. The molecule has 25 heavy (non-hydrogen) atoms. The molecule has 4 atom stereocenters. The number of nitrogen functional groups attached to an aromatic ring is 1. The maximum Gasteiger partial charge on any atom is 0.246 e. The Bertz CT molecular complexity index is 757. The molecule has 2 amide bonds. The standard InChI is InChI=1S/C17H19Cl2N3O3/c18-10-1-2-11(20)14(15(10)19)8-3-4-21-12(5-8)17(25)22-7-9(23)6-13(22)16(21)24/h1-2,8-9,12-13,23H,3-7,20H2/t8-,9+,12+,13+/m1/s1. The van der Waals surface area contributed by atoms with Crippen LogP contribution in [0.15, 0.2) is 12.1 Å². The first-order chi connectivity index (χ1) is 11.9. The molecule has 3 N–H and O–H groups in total. The predicted octanol–water partition coefficient (Wildman–Crippen LogP) is 1.63. The fraction of sp³-hybridized carbons (Fsp3) is 0.529. The van der Waals surface area contributed by atoms with Crippen molar-refractivity contribution in [1.29, 1.82) is 0 Å². The summed E-state index contributed by atoms with van der Waals surface area (Å²) in [5.74, 6) is -0.194. The predicted molar refractivity (Wildman–Crippen MR) is 94.5 cm³/mol. The van der Waals surface area contributed by atoms with Gasteiger partial charge in [0.05, 0.1) is 16.1 Å². The average molecular weight is 384 g/mol. The first-order valence-corrected chi connectivity index (χ1v) is 9.16. The van der Waals surface area contributed by atoms with E-state index in [2.05, 4.69) is 0 Å². The van der Waals surface area contributed by atoms with Gasteiger partial charge in [-0.3, -0.25) is 9.59 Å². The van der Waals surface area contributed by atoms with Crippen molar-refractivity contribution < 1.29 is 14.7 Å². The average Bonchev–Trinajstić information content (AvgIpc) is 2.98. The number of rotatable bonds is 1. The van der Waals surface area contributed by atoms with Gasteiger partial charge in [-0.2, -0.15) is 0 Å². The van der Waals surface area contributed by atoms with Crippen LogP contribution in [-0.4, -0.2) is 58.0 Å². The number of amides is 2. The minimum atomic E-state index is -0.631. The quantitative estimate of drug-likeness (QED) is 0.721. The Morgan fingerprint density at radius 2 is 1.76 bits per heavy atom. The van der Waals surface area contributed by atoms with Gasteiger partial charge in [-0.15, -0.1) is 0 Å². The van der Waals surface area contributed by atoms with Crippen LogP contribution in [0, 0.1) is 0 Å². The highest BCUT2D eigenvalue weighted by Crippen LogP contribution is 2.43. The van der Waals surface area contributed by atoms with Crippen molar-refractivity contribution in [2.75, 3.05) is 18.8 Å². The minimum Gasteiger partial charge on any atom is -0.398 e. The van der Waals surface area contributed by atoms with E-state index >= 15 is 0 Å². The highest BCUT2D eigenvalue weighted by molar-refractivity contribution is 6.42. The van der Waals surface area contributed by atoms with Crippen LogP contribution in [-0.2, 0) is 9.59 Å². The molecule has 1 aromatic carbocycles. The van der Waals surface area contributed by atoms with Gasteiger partial charge in [0, 0.05) is 25.2 Å². The maximum atomic E-state index is 12.9. The first-order valence-electron chi connectivity index (χ1n) is 8.41. The lowest BCUT2D eigenvalue weighted by Gasteiger charge is -2.46. The Morgan fingerprint density at radius 1 is 1.08 bits per heavy atom. The molecule has 3 aliphatic heterocycles. The van der Waals surface area contributed by atoms with Gasteiger partial charge in [0.2, 0.25) is 11.8 Å². The second kappa shape index (κ2) is 6.04. The molecule has 0 saturated carbocycles. The third kappa shape index (κ3) is 2.58. The molecule has 6 nitrogen and oxygen atoms in total. The number of nitrogens with two attached hydrogens (primary N) is 1. The molecular formula is C17H19Cl2N3O3. The number of carbonyl (C=O) groups is 2. The molecule has 0 bridgehead atoms. The number of piperazine rings is 1. The van der Waals surface area contributed by atoms with Crippen LogP contribution in [0.3, 0.4) is 0 Å². The summed E-state index contributed by atoms with van der Waals surface area (Å²) >= 11 is 12.5. The minimum absolute atomic E-state index is 0.0340. The fourth-order valence-corrected chi connectivity index (χ4v) is 4.89. The molecule has 0 unspecified atom stereocenters. The summed E-state index contributed by atoms with van der Waals surface area (Å²) < 4.78 is 0. The molecule has 0 aliphatic carbocycles. The van der Waals surface area contributed by atoms with Crippen LogP contribution >= 0.6 is 23.2 Å². The van der Waals surface area contributed by atoms with Gasteiger partial charge < -0.3 is 20.6 Å². The maximum absolute atomic E-state index is 12.9. The van der Waals surface area contributed by atoms with Crippen molar-refractivity contribution in [3.63, 3.8) is 0 Å². The van der Waals surface area contributed by atoms with E-state index in [1.807, 2.05) is 0 Å². The third-order valence-corrected chi connectivity index (χ3v) is 6.41. The van der Waals surface area contributed by atoms with Crippen LogP contribution in [0.2, 0.25) is 10.0 Å². The second-order valence-corrected chi connectivity index (χ2v) is 7.81. The summed E-state index contributed by atoms with van der Waals surface area (Å²) in [6.07, 6.45) is 0.834. The topological polar surface area (TPSA) is 86.9 Å². The zero-order valence-electron chi connectivity index (χ0n) is 13.5. The van der Waals surface area contributed by atoms with E-state index in [-0.39, 0.29) is 24.3 Å². The Kier molecular flexibility index (Phi) is 4.09. The second-order valence-electron chi connectivity index (χ2n) is 7.03. The molecule has 3 heterocycles. The summed E-state index contributed by atoms with van der Waals surface area (Å²) in [5.41, 5.74) is 7.42. The van der Waals surface area contributed by atoms with Crippen LogP contribution in [0.4, 0.5) is 5.69 Å². The lowest BCUT2D eigenvalue weighted by atomic mass is 9.82. The van der Waals surface area contributed by atoms with Crippen molar-refractivity contribution in [1.82, 2.24) is 9.80 Å². The number of hydrogen-bond acceptors (Lipinski definition) is 4. The summed E-state index contributed by atoms with van der Waals surface area (Å²) in [5, 5.41) is 10.7. The Hall–Kier alpha value is -1.50. The number of halogens is 2. The van der Waals surface area contributed by atoms with Crippen molar-refractivity contribution in [3.05, 3.63) is 27.7 Å². The van der Waals surface area contributed by atoms with Crippen LogP contribution in [0.1, 0.15) is 30.7 Å². The monoisotopic (exact) mass is 383 g/mol. The van der Waals surface area contributed by atoms with E-state index in [0.717, 1.165) is 5.56 Å². The van der Waals surface area contributed by atoms with Crippen LogP contribution in [0.5, 0.6) is 0 Å². The van der Waals surface area contributed by atoms with E-state index < -0.39 is 18.2 Å². The zero-order valence-corrected chi connectivity index (χ0v) is 15.0. The number of anilines is 1. The number of fused-ring (bicyclic) bond motifs is 2. The van der Waals surface area contributed by atoms with E-state index in [9.17, 15) is 14.7 Å². The molecule has 134 valence electrons. The molecule has 0 spiro atoms. The highest BCUT2D eigenvalue weighted by atomic mass is 35.5. The third-order valence-electron chi connectivity index (χ3n) is 5.59. The van der Waals surface area contributed by atoms with Crippen molar-refractivity contribution in [2.45, 2.75) is 43.4 Å². The van der Waals surface area contributed by atoms with E-state index in [0.29, 0.717) is 41.5 Å². The fourth-order valence-electron chi connectivity index (χ4n) is 4.40. The molecule has 3 aliphatic rings. The highest BCUT2D eigenvalue weighted by Gasteiger charge is 2.51. The Balaban J connectivity index is 1.64. The van der Waals surface area contributed by atoms with Gasteiger partial charge in [-0.1, -0.05) is 23.2 Å². The van der Waals surface area contributed by atoms with Gasteiger partial charge in [-0.05, 0) is 36.5 Å². The Morgan fingerprint density at radius 3 is 2.52 bits per heavy atom. The van der Waals surface area contributed by atoms with Crippen molar-refractivity contribution in [2.24, 2.45) is 0 Å². The normalized spacial score (nSPS) is 32.0. The first kappa shape index (κ1) is 16.9. The van der Waals surface area contributed by atoms with Gasteiger partial charge in [0.25, 0.3) is 0 Å². The number of nitrogens with zero attached hydrogens (tertiary/aromatic N) is 2. The largest absolute Gasteiger partial charge is 0.398 e. The summed E-state index contributed by atoms with van der Waals surface area (Å²) in [6, 6.07) is 2.33. The lowest BCUT2D eigenvalue weighted by Crippen LogP contribution is -2.64. The van der Waals surface area contributed by atoms with Gasteiger partial charge >= 0.3 is 0 Å². The number of carbonyl (C=O) groups excluding carboxylic acids is 2. The van der Waals surface area contributed by atoms with Crippen molar-refractivity contribution in [3.8, 4) is 0 Å². The van der Waals surface area contributed by atoms with Crippen molar-refractivity contribution >= 4 is 40.7 Å². The molecule has 0 aromatic heterocycles. The van der Waals surface area contributed by atoms with Crippen LogP contribution in [0.25, 0.3) is 0 Å². The van der Waals surface area contributed by atoms with E-state index in [1.165, 1.54) is 4.90 Å². The molecule has 4 rings (SSSR count).